The number of carboxylic acids is 1. The van der Waals surface area contributed by atoms with E-state index in [1.165, 1.54) is 6.07 Å². The van der Waals surface area contributed by atoms with E-state index in [2.05, 4.69) is 0 Å². The smallest absolute Gasteiger partial charge is 0.303 e. The maximum Gasteiger partial charge on any atom is 0.303 e. The Morgan fingerprint density at radius 3 is 2.55 bits per heavy atom. The first kappa shape index (κ1) is 16.3. The normalized spacial score (nSPS) is 11.1. The van der Waals surface area contributed by atoms with Gasteiger partial charge in [-0.15, -0.1) is 0 Å². The molecular weight excluding hydrogens is 262 g/mol. The minimum absolute atomic E-state index is 0.235. The van der Waals surface area contributed by atoms with Crippen molar-refractivity contribution in [2.24, 2.45) is 0 Å². The lowest BCUT2D eigenvalue weighted by Crippen LogP contribution is -1.93. The summed E-state index contributed by atoms with van der Waals surface area (Å²) in [5, 5.41) is 8.47. The number of aliphatic carboxylic acids is 1. The van der Waals surface area contributed by atoms with Crippen molar-refractivity contribution in [2.75, 3.05) is 0 Å². The van der Waals surface area contributed by atoms with Gasteiger partial charge in [0, 0.05) is 12.0 Å². The van der Waals surface area contributed by atoms with Crippen molar-refractivity contribution in [2.45, 2.75) is 44.9 Å². The lowest BCUT2D eigenvalue weighted by atomic mass is 10.1. The van der Waals surface area contributed by atoms with Crippen LogP contribution in [0.3, 0.4) is 0 Å². The third-order valence-electron chi connectivity index (χ3n) is 3.04. The van der Waals surface area contributed by atoms with Gasteiger partial charge in [-0.1, -0.05) is 43.5 Å². The van der Waals surface area contributed by atoms with Crippen LogP contribution in [0.15, 0.2) is 24.3 Å². The molecule has 0 spiro atoms. The van der Waals surface area contributed by atoms with Gasteiger partial charge in [-0.2, -0.15) is 0 Å². The highest BCUT2D eigenvalue weighted by molar-refractivity contribution is 5.66. The van der Waals surface area contributed by atoms with Gasteiger partial charge in [0.25, 0.3) is 0 Å². The van der Waals surface area contributed by atoms with E-state index < -0.39 is 17.6 Å². The number of rotatable bonds is 9. The standard InChI is InChI=1S/C16H20F2O2/c17-14-11-8-10-13(16(14)18)9-6-4-2-1-3-5-7-12-15(19)20/h6,8-11H,1-5,7,12H2,(H,19,20). The summed E-state index contributed by atoms with van der Waals surface area (Å²) in [7, 11) is 0. The molecular formula is C16H20F2O2. The summed E-state index contributed by atoms with van der Waals surface area (Å²) in [6.45, 7) is 0. The number of unbranched alkanes of at least 4 members (excludes halogenated alkanes) is 5. The highest BCUT2D eigenvalue weighted by Crippen LogP contribution is 2.14. The predicted molar refractivity (Wildman–Crippen MR) is 75.3 cm³/mol. The van der Waals surface area contributed by atoms with E-state index in [0.717, 1.165) is 44.6 Å². The van der Waals surface area contributed by atoms with E-state index in [9.17, 15) is 13.6 Å². The zero-order valence-corrected chi connectivity index (χ0v) is 11.4. The molecule has 1 N–H and O–H groups in total. The Bertz CT molecular complexity index is 456. The zero-order chi connectivity index (χ0) is 14.8. The molecule has 0 aliphatic heterocycles. The molecule has 0 bridgehead atoms. The minimum atomic E-state index is -0.828. The molecule has 0 unspecified atom stereocenters. The van der Waals surface area contributed by atoms with Crippen LogP contribution in [0, 0.1) is 11.6 Å². The number of halogens is 2. The lowest BCUT2D eigenvalue weighted by molar-refractivity contribution is -0.137. The van der Waals surface area contributed by atoms with Gasteiger partial charge in [-0.05, 0) is 25.3 Å². The second-order valence-corrected chi connectivity index (χ2v) is 4.75. The molecule has 1 aromatic carbocycles. The molecule has 4 heteroatoms. The number of hydrogen-bond acceptors (Lipinski definition) is 1. The SMILES string of the molecule is O=C(O)CCCCCCCC=Cc1cccc(F)c1F. The summed E-state index contributed by atoms with van der Waals surface area (Å²) in [6, 6.07) is 4.13. The van der Waals surface area contributed by atoms with Gasteiger partial charge in [0.15, 0.2) is 11.6 Å². The summed E-state index contributed by atoms with van der Waals surface area (Å²) in [5.74, 6) is -2.38. The second kappa shape index (κ2) is 9.23. The van der Waals surface area contributed by atoms with Crippen molar-refractivity contribution in [3.63, 3.8) is 0 Å². The minimum Gasteiger partial charge on any atom is -0.481 e. The molecule has 110 valence electrons. The Kier molecular flexibility index (Phi) is 7.55. The molecule has 0 aromatic heterocycles. The molecule has 1 rings (SSSR count). The zero-order valence-electron chi connectivity index (χ0n) is 11.4. The van der Waals surface area contributed by atoms with E-state index in [4.69, 9.17) is 5.11 Å². The number of carbonyl (C=O) groups is 1. The maximum atomic E-state index is 13.3. The Labute approximate surface area is 118 Å². The van der Waals surface area contributed by atoms with Crippen molar-refractivity contribution in [3.8, 4) is 0 Å². The molecule has 0 radical (unpaired) electrons. The van der Waals surface area contributed by atoms with E-state index in [1.54, 1.807) is 12.1 Å². The third-order valence-corrected chi connectivity index (χ3v) is 3.04. The molecule has 1 aromatic rings. The highest BCUT2D eigenvalue weighted by Gasteiger charge is 2.03. The van der Waals surface area contributed by atoms with Crippen molar-refractivity contribution in [1.29, 1.82) is 0 Å². The number of hydrogen-bond donors (Lipinski definition) is 1. The first-order valence-electron chi connectivity index (χ1n) is 6.93. The molecule has 2 nitrogen and oxygen atoms in total. The van der Waals surface area contributed by atoms with Gasteiger partial charge < -0.3 is 5.11 Å². The van der Waals surface area contributed by atoms with Crippen LogP contribution in [-0.2, 0) is 4.79 Å². The van der Waals surface area contributed by atoms with Gasteiger partial charge in [0.05, 0.1) is 0 Å². The van der Waals surface area contributed by atoms with Crippen molar-refractivity contribution in [3.05, 3.63) is 41.5 Å². The molecule has 0 atom stereocenters. The van der Waals surface area contributed by atoms with Gasteiger partial charge in [-0.25, -0.2) is 8.78 Å². The van der Waals surface area contributed by atoms with Gasteiger partial charge in [0.2, 0.25) is 0 Å². The monoisotopic (exact) mass is 282 g/mol. The Morgan fingerprint density at radius 1 is 1.10 bits per heavy atom. The quantitative estimate of drug-likeness (QED) is 0.661. The fourth-order valence-electron chi connectivity index (χ4n) is 1.93. The van der Waals surface area contributed by atoms with Crippen LogP contribution in [0.4, 0.5) is 8.78 Å². The first-order valence-corrected chi connectivity index (χ1v) is 6.93. The average molecular weight is 282 g/mol. The molecule has 0 aliphatic carbocycles. The second-order valence-electron chi connectivity index (χ2n) is 4.75. The van der Waals surface area contributed by atoms with Gasteiger partial charge >= 0.3 is 5.97 Å². The van der Waals surface area contributed by atoms with E-state index in [-0.39, 0.29) is 12.0 Å². The summed E-state index contributed by atoms with van der Waals surface area (Å²) >= 11 is 0. The molecule has 20 heavy (non-hydrogen) atoms. The van der Waals surface area contributed by atoms with E-state index in [0.29, 0.717) is 0 Å². The van der Waals surface area contributed by atoms with Gasteiger partial charge in [-0.3, -0.25) is 4.79 Å². The number of carboxylic acid groups (broad SMARTS) is 1. The number of benzene rings is 1. The van der Waals surface area contributed by atoms with E-state index in [1.807, 2.05) is 6.08 Å². The van der Waals surface area contributed by atoms with Crippen LogP contribution < -0.4 is 0 Å². The first-order chi connectivity index (χ1) is 9.61. The van der Waals surface area contributed by atoms with Crippen LogP contribution in [0.25, 0.3) is 6.08 Å². The van der Waals surface area contributed by atoms with Gasteiger partial charge in [0.1, 0.15) is 0 Å². The maximum absolute atomic E-state index is 13.3. The number of allylic oxidation sites excluding steroid dienone is 1. The molecule has 0 saturated heterocycles. The fraction of sp³-hybridized carbons (Fsp3) is 0.438. The van der Waals surface area contributed by atoms with Crippen molar-refractivity contribution >= 4 is 12.0 Å². The average Bonchev–Trinajstić information content (AvgIpc) is 2.41. The molecule has 0 saturated carbocycles. The fourth-order valence-corrected chi connectivity index (χ4v) is 1.93. The Hall–Kier alpha value is -1.71. The van der Waals surface area contributed by atoms with Crippen LogP contribution >= 0.6 is 0 Å². The molecule has 0 amide bonds. The van der Waals surface area contributed by atoms with E-state index >= 15 is 0 Å². The topological polar surface area (TPSA) is 37.3 Å². The summed E-state index contributed by atoms with van der Waals surface area (Å²) in [5.41, 5.74) is 0.270. The van der Waals surface area contributed by atoms with Crippen LogP contribution in [0.5, 0.6) is 0 Å². The van der Waals surface area contributed by atoms with Crippen molar-refractivity contribution < 1.29 is 18.7 Å². The van der Waals surface area contributed by atoms with Crippen LogP contribution in [0.1, 0.15) is 50.5 Å². The Morgan fingerprint density at radius 2 is 1.80 bits per heavy atom. The van der Waals surface area contributed by atoms with Crippen LogP contribution in [-0.4, -0.2) is 11.1 Å². The third kappa shape index (κ3) is 6.45. The summed E-state index contributed by atoms with van der Waals surface area (Å²) in [6.07, 6.45) is 9.14. The summed E-state index contributed by atoms with van der Waals surface area (Å²) < 4.78 is 26.2. The molecule has 0 fully saturated rings. The highest BCUT2D eigenvalue weighted by atomic mass is 19.2. The predicted octanol–water partition coefficient (Wildman–Crippen LogP) is 4.79. The van der Waals surface area contributed by atoms with Crippen molar-refractivity contribution in [1.82, 2.24) is 0 Å². The summed E-state index contributed by atoms with van der Waals surface area (Å²) in [4.78, 5) is 10.3. The van der Waals surface area contributed by atoms with Crippen LogP contribution in [0.2, 0.25) is 0 Å². The Balaban J connectivity index is 2.13. The lowest BCUT2D eigenvalue weighted by Gasteiger charge is -1.99. The largest absolute Gasteiger partial charge is 0.481 e. The molecule has 0 heterocycles. The molecule has 0 aliphatic rings.